The van der Waals surface area contributed by atoms with Crippen LogP contribution in [-0.4, -0.2) is 0 Å². The van der Waals surface area contributed by atoms with Crippen molar-refractivity contribution in [3.63, 3.8) is 0 Å². The Morgan fingerprint density at radius 1 is 0.159 bits per heavy atom. The summed E-state index contributed by atoms with van der Waals surface area (Å²) in [4.78, 5) is 0. The van der Waals surface area contributed by atoms with Gasteiger partial charge in [0.2, 0.25) is 0 Å². The van der Waals surface area contributed by atoms with Crippen LogP contribution in [0.1, 0.15) is 404 Å². The van der Waals surface area contributed by atoms with Crippen molar-refractivity contribution in [1.82, 2.24) is 0 Å². The number of benzene rings is 1. The third-order valence-corrected chi connectivity index (χ3v) is 16.4. The van der Waals surface area contributed by atoms with Gasteiger partial charge in [-0.05, 0) is 18.4 Å². The first-order chi connectivity index (χ1) is 34.4. The molecule has 0 atom stereocenters. The molecule has 0 heteroatoms. The molecule has 0 saturated carbocycles. The molecule has 0 aliphatic heterocycles. The molecule has 1 aromatic rings. The summed E-state index contributed by atoms with van der Waals surface area (Å²) in [5, 5.41) is 0. The first kappa shape index (κ1) is 66.2. The van der Waals surface area contributed by atoms with Gasteiger partial charge in [-0.15, -0.1) is 0 Å². The largest absolute Gasteiger partial charge is 0.0654 e. The molecule has 0 spiro atoms. The Bertz CT molecular complexity index is 995. The lowest BCUT2D eigenvalue weighted by atomic mass is 10.0. The highest BCUT2D eigenvalue weighted by atomic mass is 14.1. The molecule has 0 saturated heterocycles. The van der Waals surface area contributed by atoms with Crippen molar-refractivity contribution in [2.45, 2.75) is 405 Å². The summed E-state index contributed by atoms with van der Waals surface area (Å²) >= 11 is 0. The van der Waals surface area contributed by atoms with E-state index in [-0.39, 0.29) is 0 Å². The van der Waals surface area contributed by atoms with Gasteiger partial charge in [0.05, 0.1) is 0 Å². The molecule has 69 heavy (non-hydrogen) atoms. The number of rotatable bonds is 62. The van der Waals surface area contributed by atoms with Crippen molar-refractivity contribution < 1.29 is 0 Å². The monoisotopic (exact) mass is 961 g/mol. The van der Waals surface area contributed by atoms with Crippen LogP contribution < -0.4 is 0 Å². The van der Waals surface area contributed by atoms with Crippen LogP contribution in [0.25, 0.3) is 0 Å². The van der Waals surface area contributed by atoms with Gasteiger partial charge >= 0.3 is 0 Å². The summed E-state index contributed by atoms with van der Waals surface area (Å²) in [5.74, 6) is 0. The summed E-state index contributed by atoms with van der Waals surface area (Å²) in [6, 6.07) is 11.0. The maximum atomic E-state index is 2.31. The minimum atomic E-state index is 1.26. The molecule has 1 rings (SSSR count). The Morgan fingerprint density at radius 2 is 0.290 bits per heavy atom. The van der Waals surface area contributed by atoms with E-state index < -0.39 is 0 Å². The average molecular weight is 962 g/mol. The van der Waals surface area contributed by atoms with Crippen LogP contribution in [0, 0.1) is 0 Å². The lowest BCUT2D eigenvalue weighted by Gasteiger charge is -2.05. The lowest BCUT2D eigenvalue weighted by Crippen LogP contribution is -1.86. The minimum Gasteiger partial charge on any atom is -0.0654 e. The van der Waals surface area contributed by atoms with E-state index in [2.05, 4.69) is 37.3 Å². The zero-order valence-corrected chi connectivity index (χ0v) is 48.2. The van der Waals surface area contributed by atoms with E-state index in [1.165, 1.54) is 404 Å². The van der Waals surface area contributed by atoms with E-state index in [9.17, 15) is 0 Å². The molecular formula is C69H132. The predicted molar refractivity (Wildman–Crippen MR) is 317 cm³/mol. The Hall–Kier alpha value is -0.780. The second kappa shape index (κ2) is 61.5. The minimum absolute atomic E-state index is 1.26. The Labute approximate surface area is 438 Å². The molecule has 0 fully saturated rings. The fraction of sp³-hybridized carbons (Fsp3) is 0.913. The van der Waals surface area contributed by atoms with Crippen molar-refractivity contribution in [2.75, 3.05) is 0 Å². The van der Waals surface area contributed by atoms with Gasteiger partial charge in [-0.2, -0.15) is 0 Å². The number of hydrogen-bond donors (Lipinski definition) is 0. The molecule has 1 aromatic carbocycles. The molecule has 0 radical (unpaired) electrons. The molecule has 0 N–H and O–H groups in total. The highest BCUT2D eigenvalue weighted by Gasteiger charge is 2.01. The third-order valence-electron chi connectivity index (χ3n) is 16.4. The van der Waals surface area contributed by atoms with Crippen molar-refractivity contribution in [1.29, 1.82) is 0 Å². The van der Waals surface area contributed by atoms with Crippen molar-refractivity contribution >= 4 is 0 Å². The van der Waals surface area contributed by atoms with Gasteiger partial charge < -0.3 is 0 Å². The van der Waals surface area contributed by atoms with Crippen molar-refractivity contribution in [3.05, 3.63) is 35.9 Å². The summed E-state index contributed by atoms with van der Waals surface area (Å²) < 4.78 is 0. The van der Waals surface area contributed by atoms with Gasteiger partial charge in [0, 0.05) is 0 Å². The lowest BCUT2D eigenvalue weighted by molar-refractivity contribution is 0.506. The maximum Gasteiger partial charge on any atom is -0.0279 e. The Morgan fingerprint density at radius 3 is 0.435 bits per heavy atom. The summed E-state index contributed by atoms with van der Waals surface area (Å²) in [6.45, 7) is 2.31. The normalized spacial score (nSPS) is 11.7. The Kier molecular flexibility index (Phi) is 59.1. The van der Waals surface area contributed by atoms with Gasteiger partial charge in [-0.25, -0.2) is 0 Å². The fourth-order valence-electron chi connectivity index (χ4n) is 11.5. The topological polar surface area (TPSA) is 0 Å². The number of aryl methyl sites for hydroxylation is 1. The van der Waals surface area contributed by atoms with Crippen LogP contribution in [-0.2, 0) is 6.42 Å². The molecule has 0 aliphatic rings. The first-order valence-corrected chi connectivity index (χ1v) is 33.5. The smallest absolute Gasteiger partial charge is 0.0279 e. The van der Waals surface area contributed by atoms with Crippen LogP contribution >= 0.6 is 0 Å². The van der Waals surface area contributed by atoms with Crippen molar-refractivity contribution in [3.8, 4) is 0 Å². The highest BCUT2D eigenvalue weighted by Crippen LogP contribution is 2.20. The zero-order valence-electron chi connectivity index (χ0n) is 48.2. The fourth-order valence-corrected chi connectivity index (χ4v) is 11.5. The third kappa shape index (κ3) is 58.0. The van der Waals surface area contributed by atoms with Gasteiger partial charge in [-0.3, -0.25) is 0 Å². The number of unbranched alkanes of at least 4 members (excludes halogenated alkanes) is 60. The second-order valence-corrected chi connectivity index (χ2v) is 23.4. The van der Waals surface area contributed by atoms with Crippen LogP contribution in [0.15, 0.2) is 30.3 Å². The van der Waals surface area contributed by atoms with E-state index in [4.69, 9.17) is 0 Å². The van der Waals surface area contributed by atoms with Gasteiger partial charge in [0.1, 0.15) is 0 Å². The summed E-state index contributed by atoms with van der Waals surface area (Å²) in [5.41, 5.74) is 1.51. The van der Waals surface area contributed by atoms with Crippen LogP contribution in [0.2, 0.25) is 0 Å². The van der Waals surface area contributed by atoms with E-state index in [0.717, 1.165) is 0 Å². The van der Waals surface area contributed by atoms with E-state index in [1.807, 2.05) is 0 Å². The second-order valence-electron chi connectivity index (χ2n) is 23.4. The Balaban J connectivity index is 1.59. The highest BCUT2D eigenvalue weighted by molar-refractivity contribution is 5.14. The molecule has 0 amide bonds. The molecule has 0 bridgehead atoms. The van der Waals surface area contributed by atoms with Gasteiger partial charge in [0.25, 0.3) is 0 Å². The van der Waals surface area contributed by atoms with E-state index in [0.29, 0.717) is 0 Å². The molecule has 0 aliphatic carbocycles. The molecule has 0 aromatic heterocycles. The van der Waals surface area contributed by atoms with Gasteiger partial charge in [-0.1, -0.05) is 423 Å². The first-order valence-electron chi connectivity index (χ1n) is 33.5. The number of hydrogen-bond acceptors (Lipinski definition) is 0. The standard InChI is InChI=1S/C69H132/c1-2-3-4-5-6-7-8-9-10-11-12-13-14-15-16-17-18-19-20-21-22-23-24-25-26-27-28-29-30-31-32-33-34-35-36-37-38-39-40-41-42-43-44-45-46-47-48-49-50-51-52-53-54-55-56-57-58-59-60-61-63-66-69-67-64-62-65-68-69/h62,64-65,67-68H,2-61,63,66H2,1H3. The average Bonchev–Trinajstić information content (AvgIpc) is 3.37. The summed E-state index contributed by atoms with van der Waals surface area (Å²) in [7, 11) is 0. The van der Waals surface area contributed by atoms with Gasteiger partial charge in [0.15, 0.2) is 0 Å². The quantitative estimate of drug-likeness (QED) is 0.0571. The molecule has 408 valence electrons. The van der Waals surface area contributed by atoms with Crippen molar-refractivity contribution in [2.24, 2.45) is 0 Å². The molecule has 0 heterocycles. The predicted octanol–water partition coefficient (Wildman–Crippen LogP) is 26.0. The zero-order chi connectivity index (χ0) is 49.0. The summed E-state index contributed by atoms with van der Waals surface area (Å²) in [6.07, 6.45) is 91.8. The van der Waals surface area contributed by atoms with E-state index >= 15 is 0 Å². The molecule has 0 nitrogen and oxygen atoms in total. The van der Waals surface area contributed by atoms with Crippen LogP contribution in [0.4, 0.5) is 0 Å². The van der Waals surface area contributed by atoms with E-state index in [1.54, 1.807) is 0 Å². The molecular weight excluding hydrogens is 829 g/mol. The maximum absolute atomic E-state index is 2.31. The van der Waals surface area contributed by atoms with Crippen LogP contribution in [0.3, 0.4) is 0 Å². The van der Waals surface area contributed by atoms with Crippen LogP contribution in [0.5, 0.6) is 0 Å². The SMILES string of the molecule is CCCCCCCCCCCCCCCCCCCCCCCCCCCCCCCCCCCCCCCCCCCCCCCCCCCCCCCCCCCCCCCc1ccccc1. The molecule has 0 unspecified atom stereocenters.